The minimum Gasteiger partial charge on any atom is -0.484 e. The second-order valence-corrected chi connectivity index (χ2v) is 8.56. The maximum absolute atomic E-state index is 14.5. The number of benzene rings is 3. The minimum absolute atomic E-state index is 0.0454. The van der Waals surface area contributed by atoms with Crippen molar-refractivity contribution < 1.29 is 18.7 Å². The van der Waals surface area contributed by atoms with E-state index in [0.717, 1.165) is 5.56 Å². The molecule has 6 heteroatoms. The molecule has 0 heterocycles. The van der Waals surface area contributed by atoms with E-state index in [2.05, 4.69) is 5.32 Å². The SMILES string of the molecule is CC(C)CNC(=O)C(Cc1ccccc1)N(Cc1ccccc1F)C(=O)COc1ccccc1. The van der Waals surface area contributed by atoms with E-state index in [4.69, 9.17) is 4.74 Å². The van der Waals surface area contributed by atoms with Crippen molar-refractivity contribution in [2.24, 2.45) is 5.92 Å². The van der Waals surface area contributed by atoms with E-state index < -0.39 is 17.8 Å². The summed E-state index contributed by atoms with van der Waals surface area (Å²) >= 11 is 0. The zero-order chi connectivity index (χ0) is 24.3. The van der Waals surface area contributed by atoms with E-state index >= 15 is 0 Å². The van der Waals surface area contributed by atoms with Crippen molar-refractivity contribution in [2.45, 2.75) is 32.9 Å². The number of amides is 2. The van der Waals surface area contributed by atoms with E-state index in [1.165, 1.54) is 11.0 Å². The number of halogens is 1. The van der Waals surface area contributed by atoms with Crippen LogP contribution in [0.1, 0.15) is 25.0 Å². The van der Waals surface area contributed by atoms with Gasteiger partial charge in [0.15, 0.2) is 6.61 Å². The van der Waals surface area contributed by atoms with Gasteiger partial charge < -0.3 is 15.0 Å². The lowest BCUT2D eigenvalue weighted by Crippen LogP contribution is -2.52. The van der Waals surface area contributed by atoms with E-state index in [0.29, 0.717) is 24.3 Å². The van der Waals surface area contributed by atoms with Crippen LogP contribution in [0, 0.1) is 11.7 Å². The quantitative estimate of drug-likeness (QED) is 0.453. The molecule has 3 aromatic rings. The summed E-state index contributed by atoms with van der Waals surface area (Å²) in [4.78, 5) is 28.1. The third-order valence-electron chi connectivity index (χ3n) is 5.36. The Labute approximate surface area is 200 Å². The molecule has 0 radical (unpaired) electrons. The number of nitrogens with zero attached hydrogens (tertiary/aromatic N) is 1. The molecule has 34 heavy (non-hydrogen) atoms. The van der Waals surface area contributed by atoms with Crippen molar-refractivity contribution in [3.63, 3.8) is 0 Å². The second kappa shape index (κ2) is 12.5. The molecule has 0 saturated carbocycles. The van der Waals surface area contributed by atoms with Crippen LogP contribution in [0.3, 0.4) is 0 Å². The first-order valence-electron chi connectivity index (χ1n) is 11.5. The molecule has 0 aromatic heterocycles. The molecule has 5 nitrogen and oxygen atoms in total. The topological polar surface area (TPSA) is 58.6 Å². The Morgan fingerprint density at radius 1 is 0.912 bits per heavy atom. The number of hydrogen-bond acceptors (Lipinski definition) is 3. The van der Waals surface area contributed by atoms with Gasteiger partial charge in [0.25, 0.3) is 5.91 Å². The second-order valence-electron chi connectivity index (χ2n) is 8.56. The third kappa shape index (κ3) is 7.44. The molecule has 1 unspecified atom stereocenters. The zero-order valence-electron chi connectivity index (χ0n) is 19.6. The van der Waals surface area contributed by atoms with Crippen molar-refractivity contribution in [3.8, 4) is 5.75 Å². The monoisotopic (exact) mass is 462 g/mol. The zero-order valence-corrected chi connectivity index (χ0v) is 19.6. The summed E-state index contributed by atoms with van der Waals surface area (Å²) in [6, 6.07) is 24.0. The number of carbonyl (C=O) groups is 2. The summed E-state index contributed by atoms with van der Waals surface area (Å²) in [6.45, 7) is 4.18. The smallest absolute Gasteiger partial charge is 0.261 e. The lowest BCUT2D eigenvalue weighted by atomic mass is 10.0. The Kier molecular flexibility index (Phi) is 9.21. The van der Waals surface area contributed by atoms with Crippen LogP contribution >= 0.6 is 0 Å². The molecule has 0 aliphatic heterocycles. The van der Waals surface area contributed by atoms with Crippen molar-refractivity contribution in [2.75, 3.05) is 13.2 Å². The van der Waals surface area contributed by atoms with Crippen molar-refractivity contribution in [1.82, 2.24) is 10.2 Å². The maximum Gasteiger partial charge on any atom is 0.261 e. The predicted molar refractivity (Wildman–Crippen MR) is 131 cm³/mol. The molecule has 1 atom stereocenters. The number of nitrogens with one attached hydrogen (secondary N) is 1. The Hall–Kier alpha value is -3.67. The van der Waals surface area contributed by atoms with Gasteiger partial charge in [-0.2, -0.15) is 0 Å². The van der Waals surface area contributed by atoms with Gasteiger partial charge in [-0.3, -0.25) is 9.59 Å². The van der Waals surface area contributed by atoms with Crippen LogP contribution < -0.4 is 10.1 Å². The van der Waals surface area contributed by atoms with Gasteiger partial charge in [-0.25, -0.2) is 4.39 Å². The fourth-order valence-corrected chi connectivity index (χ4v) is 3.53. The lowest BCUT2D eigenvalue weighted by molar-refractivity contribution is -0.142. The van der Waals surface area contributed by atoms with Crippen LogP contribution in [0.5, 0.6) is 5.75 Å². The van der Waals surface area contributed by atoms with Crippen LogP contribution in [-0.2, 0) is 22.6 Å². The Bertz CT molecular complexity index is 1060. The summed E-state index contributed by atoms with van der Waals surface area (Å²) in [5.74, 6) is -0.302. The summed E-state index contributed by atoms with van der Waals surface area (Å²) < 4.78 is 20.2. The van der Waals surface area contributed by atoms with Gasteiger partial charge in [0.05, 0.1) is 0 Å². The number of carbonyl (C=O) groups excluding carboxylic acids is 2. The van der Waals surface area contributed by atoms with Gasteiger partial charge in [-0.15, -0.1) is 0 Å². The highest BCUT2D eigenvalue weighted by Gasteiger charge is 2.31. The highest BCUT2D eigenvalue weighted by molar-refractivity contribution is 5.88. The normalized spacial score (nSPS) is 11.6. The summed E-state index contributed by atoms with van der Waals surface area (Å²) in [5.41, 5.74) is 1.24. The highest BCUT2D eigenvalue weighted by atomic mass is 19.1. The molecule has 2 amide bonds. The van der Waals surface area contributed by atoms with Crippen LogP contribution in [0.2, 0.25) is 0 Å². The molecule has 3 rings (SSSR count). The Balaban J connectivity index is 1.90. The average Bonchev–Trinajstić information content (AvgIpc) is 2.85. The molecule has 3 aromatic carbocycles. The molecule has 0 bridgehead atoms. The highest BCUT2D eigenvalue weighted by Crippen LogP contribution is 2.18. The average molecular weight is 463 g/mol. The maximum atomic E-state index is 14.5. The first-order chi connectivity index (χ1) is 16.4. The fourth-order valence-electron chi connectivity index (χ4n) is 3.53. The van der Waals surface area contributed by atoms with Gasteiger partial charge in [-0.05, 0) is 29.7 Å². The molecule has 0 aliphatic carbocycles. The number of ether oxygens (including phenoxy) is 1. The molecule has 0 spiro atoms. The van der Waals surface area contributed by atoms with Crippen LogP contribution in [-0.4, -0.2) is 35.9 Å². The third-order valence-corrected chi connectivity index (χ3v) is 5.36. The van der Waals surface area contributed by atoms with Gasteiger partial charge in [0, 0.05) is 25.1 Å². The number of hydrogen-bond donors (Lipinski definition) is 1. The van der Waals surface area contributed by atoms with Gasteiger partial charge in [0.1, 0.15) is 17.6 Å². The Morgan fingerprint density at radius 3 is 2.18 bits per heavy atom. The summed E-state index contributed by atoms with van der Waals surface area (Å²) in [6.07, 6.45) is 0.302. The van der Waals surface area contributed by atoms with E-state index in [-0.39, 0.29) is 25.0 Å². The van der Waals surface area contributed by atoms with Gasteiger partial charge in [-0.1, -0.05) is 80.6 Å². The lowest BCUT2D eigenvalue weighted by Gasteiger charge is -2.31. The molecule has 0 fully saturated rings. The standard InChI is InChI=1S/C28H31FN2O3/c1-21(2)18-30-28(33)26(17-22-11-5-3-6-12-22)31(19-23-13-9-10-16-25(23)29)27(32)20-34-24-14-7-4-8-15-24/h3-16,21,26H,17-20H2,1-2H3,(H,30,33). The molecular weight excluding hydrogens is 431 g/mol. The molecule has 178 valence electrons. The predicted octanol–water partition coefficient (Wildman–Crippen LogP) is 4.62. The van der Waals surface area contributed by atoms with Gasteiger partial charge >= 0.3 is 0 Å². The Morgan fingerprint density at radius 2 is 1.53 bits per heavy atom. The molecule has 1 N–H and O–H groups in total. The van der Waals surface area contributed by atoms with Crippen LogP contribution in [0.25, 0.3) is 0 Å². The molecule has 0 aliphatic rings. The van der Waals surface area contributed by atoms with Crippen LogP contribution in [0.4, 0.5) is 4.39 Å². The first-order valence-corrected chi connectivity index (χ1v) is 11.5. The summed E-state index contributed by atoms with van der Waals surface area (Å²) in [5, 5.41) is 2.94. The van der Waals surface area contributed by atoms with Crippen molar-refractivity contribution in [3.05, 3.63) is 102 Å². The summed E-state index contributed by atoms with van der Waals surface area (Å²) in [7, 11) is 0. The fraction of sp³-hybridized carbons (Fsp3) is 0.286. The van der Waals surface area contributed by atoms with Gasteiger partial charge in [0.2, 0.25) is 5.91 Å². The van der Waals surface area contributed by atoms with E-state index in [9.17, 15) is 14.0 Å². The number of para-hydroxylation sites is 1. The van der Waals surface area contributed by atoms with Crippen molar-refractivity contribution in [1.29, 1.82) is 0 Å². The first kappa shape index (κ1) is 25.0. The minimum atomic E-state index is -0.826. The van der Waals surface area contributed by atoms with E-state index in [1.54, 1.807) is 30.3 Å². The van der Waals surface area contributed by atoms with E-state index in [1.807, 2.05) is 62.4 Å². The molecular formula is C28H31FN2O3. The molecule has 0 saturated heterocycles. The van der Waals surface area contributed by atoms with Crippen LogP contribution in [0.15, 0.2) is 84.9 Å². The van der Waals surface area contributed by atoms with Crippen molar-refractivity contribution >= 4 is 11.8 Å². The largest absolute Gasteiger partial charge is 0.484 e. The number of rotatable bonds is 11.